The van der Waals surface area contributed by atoms with Gasteiger partial charge in [-0.15, -0.1) is 0 Å². The Morgan fingerprint density at radius 3 is 2.55 bits per heavy atom. The standard InChI is InChI=1S/C8H8F2Se/c9-8(10)11-6-7-4-2-1-3-5-7/h1-5,8H,6H2/i8D. The quantitative estimate of drug-likeness (QED) is 0.687. The molecule has 0 aromatic heterocycles. The van der Waals surface area contributed by atoms with Crippen molar-refractivity contribution in [2.75, 3.05) is 0 Å². The molecule has 0 bridgehead atoms. The number of alkyl halides is 2. The van der Waals surface area contributed by atoms with Crippen molar-refractivity contribution in [1.82, 2.24) is 0 Å². The molecule has 0 spiro atoms. The molecular weight excluding hydrogens is 213 g/mol. The van der Waals surface area contributed by atoms with E-state index in [4.69, 9.17) is 1.37 Å². The Morgan fingerprint density at radius 1 is 1.36 bits per heavy atom. The summed E-state index contributed by atoms with van der Waals surface area (Å²) in [5.74, 6) is 0. The third kappa shape index (κ3) is 3.49. The Labute approximate surface area is 72.2 Å². The van der Waals surface area contributed by atoms with Gasteiger partial charge in [0.15, 0.2) is 0 Å². The van der Waals surface area contributed by atoms with E-state index < -0.39 is 20.3 Å². The monoisotopic (exact) mass is 223 g/mol. The van der Waals surface area contributed by atoms with Crippen LogP contribution in [0.25, 0.3) is 0 Å². The predicted molar refractivity (Wildman–Crippen MR) is 41.9 cm³/mol. The molecule has 0 saturated heterocycles. The van der Waals surface area contributed by atoms with Gasteiger partial charge in [-0.05, 0) is 0 Å². The van der Waals surface area contributed by atoms with Crippen LogP contribution in [0.1, 0.15) is 6.93 Å². The van der Waals surface area contributed by atoms with Crippen molar-refractivity contribution in [3.63, 3.8) is 0 Å². The van der Waals surface area contributed by atoms with Crippen molar-refractivity contribution in [2.24, 2.45) is 0 Å². The first-order valence-corrected chi connectivity index (χ1v) is 5.20. The van der Waals surface area contributed by atoms with Crippen LogP contribution in [-0.4, -0.2) is 20.3 Å². The summed E-state index contributed by atoms with van der Waals surface area (Å²) in [6.07, 6.45) is 0. The molecule has 0 saturated carbocycles. The fraction of sp³-hybridized carbons (Fsp3) is 0.250. The molecule has 0 unspecified atom stereocenters. The van der Waals surface area contributed by atoms with E-state index >= 15 is 0 Å². The van der Waals surface area contributed by atoms with Crippen LogP contribution < -0.4 is 0 Å². The SMILES string of the molecule is [2H]C(F)(F)[Se]Cc1ccccc1. The van der Waals surface area contributed by atoms with E-state index in [0.29, 0.717) is 5.32 Å². The first kappa shape index (κ1) is 7.26. The maximum atomic E-state index is 12.1. The second-order valence-corrected chi connectivity index (χ2v) is 3.86. The Balaban J connectivity index is 2.44. The number of hydrogen-bond donors (Lipinski definition) is 0. The van der Waals surface area contributed by atoms with E-state index in [2.05, 4.69) is 0 Å². The summed E-state index contributed by atoms with van der Waals surface area (Å²) in [7, 11) is 0. The summed E-state index contributed by atoms with van der Waals surface area (Å²) >= 11 is -0.950. The number of benzene rings is 1. The normalized spacial score (nSPS) is 12.7. The first-order chi connectivity index (χ1) is 5.58. The van der Waals surface area contributed by atoms with Gasteiger partial charge >= 0.3 is 71.6 Å². The van der Waals surface area contributed by atoms with Crippen LogP contribution in [0.2, 0.25) is 0 Å². The molecule has 0 fully saturated rings. The number of halogens is 2. The van der Waals surface area contributed by atoms with Gasteiger partial charge in [0.05, 0.1) is 0 Å². The fourth-order valence-corrected chi connectivity index (χ4v) is 1.69. The van der Waals surface area contributed by atoms with Crippen molar-refractivity contribution < 1.29 is 10.2 Å². The molecule has 0 heterocycles. The van der Waals surface area contributed by atoms with Gasteiger partial charge in [0.1, 0.15) is 0 Å². The van der Waals surface area contributed by atoms with Gasteiger partial charge in [-0.3, -0.25) is 0 Å². The van der Waals surface area contributed by atoms with Gasteiger partial charge < -0.3 is 0 Å². The molecule has 1 aromatic carbocycles. The van der Waals surface area contributed by atoms with E-state index in [1.165, 1.54) is 0 Å². The molecule has 60 valence electrons. The molecule has 0 radical (unpaired) electrons. The van der Waals surface area contributed by atoms with Crippen molar-refractivity contribution >= 4 is 15.0 Å². The molecule has 0 amide bonds. The minimum absolute atomic E-state index is 0.324. The van der Waals surface area contributed by atoms with Crippen LogP contribution in [0.3, 0.4) is 0 Å². The second-order valence-electron chi connectivity index (χ2n) is 2.00. The van der Waals surface area contributed by atoms with Crippen LogP contribution in [0.15, 0.2) is 30.3 Å². The fourth-order valence-electron chi connectivity index (χ4n) is 0.712. The molecule has 0 atom stereocenters. The van der Waals surface area contributed by atoms with Gasteiger partial charge in [-0.1, -0.05) is 0 Å². The summed E-state index contributed by atoms with van der Waals surface area (Å²) in [6, 6.07) is 9.07. The zero-order valence-corrected chi connectivity index (χ0v) is 7.47. The molecule has 0 aliphatic carbocycles. The third-order valence-corrected chi connectivity index (χ3v) is 2.65. The van der Waals surface area contributed by atoms with E-state index in [1.807, 2.05) is 18.2 Å². The number of hydrogen-bond acceptors (Lipinski definition) is 0. The summed E-state index contributed by atoms with van der Waals surface area (Å²) in [5, 5.41) is -2.91. The molecule has 0 aliphatic rings. The molecule has 0 nitrogen and oxygen atoms in total. The first-order valence-electron chi connectivity index (χ1n) is 3.64. The molecule has 1 aromatic rings. The van der Waals surface area contributed by atoms with Crippen LogP contribution in [-0.2, 0) is 5.32 Å². The van der Waals surface area contributed by atoms with E-state index in [9.17, 15) is 8.78 Å². The molecular formula is C8H8F2Se. The van der Waals surface area contributed by atoms with Crippen molar-refractivity contribution in [3.05, 3.63) is 35.9 Å². The van der Waals surface area contributed by atoms with Gasteiger partial charge in [-0.2, -0.15) is 0 Å². The van der Waals surface area contributed by atoms with Crippen molar-refractivity contribution in [3.8, 4) is 0 Å². The van der Waals surface area contributed by atoms with E-state index in [0.717, 1.165) is 5.56 Å². The second kappa shape index (κ2) is 4.47. The van der Waals surface area contributed by atoms with Crippen LogP contribution >= 0.6 is 0 Å². The molecule has 0 aliphatic heterocycles. The average Bonchev–Trinajstić information content (AvgIpc) is 2.02. The summed E-state index contributed by atoms with van der Waals surface area (Å²) in [6.45, 7) is 0. The Bertz CT molecular complexity index is 233. The van der Waals surface area contributed by atoms with Crippen LogP contribution in [0, 0.1) is 0 Å². The Kier molecular flexibility index (Phi) is 2.95. The molecule has 0 N–H and O–H groups in total. The Hall–Kier alpha value is -0.401. The van der Waals surface area contributed by atoms with Gasteiger partial charge in [0.2, 0.25) is 0 Å². The molecule has 11 heavy (non-hydrogen) atoms. The van der Waals surface area contributed by atoms with Crippen LogP contribution in [0.5, 0.6) is 0 Å². The van der Waals surface area contributed by atoms with E-state index in [-0.39, 0.29) is 0 Å². The average molecular weight is 222 g/mol. The summed E-state index contributed by atoms with van der Waals surface area (Å²) in [5.41, 5.74) is 0.879. The zero-order valence-electron chi connectivity index (χ0n) is 6.76. The summed E-state index contributed by atoms with van der Waals surface area (Å²) < 4.78 is 30.6. The molecule has 3 heteroatoms. The predicted octanol–water partition coefficient (Wildman–Crippen LogP) is 2.11. The van der Waals surface area contributed by atoms with Gasteiger partial charge in [0.25, 0.3) is 0 Å². The van der Waals surface area contributed by atoms with Crippen molar-refractivity contribution in [2.45, 2.75) is 10.6 Å². The zero-order chi connectivity index (χ0) is 9.03. The van der Waals surface area contributed by atoms with E-state index in [1.54, 1.807) is 12.1 Å². The van der Waals surface area contributed by atoms with Gasteiger partial charge in [0, 0.05) is 0 Å². The van der Waals surface area contributed by atoms with Gasteiger partial charge in [-0.25, -0.2) is 0 Å². The number of rotatable bonds is 3. The van der Waals surface area contributed by atoms with Crippen molar-refractivity contribution in [1.29, 1.82) is 0 Å². The molecule has 1 rings (SSSR count). The summed E-state index contributed by atoms with van der Waals surface area (Å²) in [4.78, 5) is 0. The third-order valence-electron chi connectivity index (χ3n) is 1.19. The Morgan fingerprint density at radius 2 is 2.00 bits per heavy atom. The van der Waals surface area contributed by atoms with Crippen LogP contribution in [0.4, 0.5) is 8.78 Å². The topological polar surface area (TPSA) is 0 Å². The minimum atomic E-state index is -3.23. The maximum absolute atomic E-state index is 12.1.